The Kier molecular flexibility index (Phi) is 5.11. The van der Waals surface area contributed by atoms with Gasteiger partial charge < -0.3 is 9.47 Å². The standard InChI is InChI=1S/C19H16BrNO3/c1-2-23-19(22)18-17(24-12-13-7-4-3-5-8-13)11-14-15(20)9-6-10-16(14)21-18/h3-11H,2,12H2,1H3. The maximum absolute atomic E-state index is 12.2. The molecule has 122 valence electrons. The summed E-state index contributed by atoms with van der Waals surface area (Å²) in [6.07, 6.45) is 0. The molecular formula is C19H16BrNO3. The third-order valence-electron chi connectivity index (χ3n) is 3.48. The molecule has 24 heavy (non-hydrogen) atoms. The Labute approximate surface area is 148 Å². The predicted octanol–water partition coefficient (Wildman–Crippen LogP) is 4.75. The lowest BCUT2D eigenvalue weighted by Gasteiger charge is -2.12. The fraction of sp³-hybridized carbons (Fsp3) is 0.158. The molecule has 1 heterocycles. The quantitative estimate of drug-likeness (QED) is 0.594. The van der Waals surface area contributed by atoms with Crippen molar-refractivity contribution in [3.05, 3.63) is 70.3 Å². The lowest BCUT2D eigenvalue weighted by atomic mass is 10.2. The summed E-state index contributed by atoms with van der Waals surface area (Å²) in [5.74, 6) is -0.0702. The minimum atomic E-state index is -0.484. The number of hydrogen-bond donors (Lipinski definition) is 0. The Bertz CT molecular complexity index is 865. The Balaban J connectivity index is 2.00. The minimum absolute atomic E-state index is 0.193. The lowest BCUT2D eigenvalue weighted by molar-refractivity contribution is 0.0514. The van der Waals surface area contributed by atoms with Crippen LogP contribution in [-0.4, -0.2) is 17.6 Å². The molecule has 0 spiro atoms. The van der Waals surface area contributed by atoms with Crippen LogP contribution in [0.5, 0.6) is 5.75 Å². The van der Waals surface area contributed by atoms with Crippen LogP contribution >= 0.6 is 15.9 Å². The van der Waals surface area contributed by atoms with Crippen molar-refractivity contribution < 1.29 is 14.3 Å². The lowest BCUT2D eigenvalue weighted by Crippen LogP contribution is -2.10. The number of fused-ring (bicyclic) bond motifs is 1. The number of hydrogen-bond acceptors (Lipinski definition) is 4. The van der Waals surface area contributed by atoms with E-state index in [4.69, 9.17) is 9.47 Å². The number of carbonyl (C=O) groups is 1. The first-order chi connectivity index (χ1) is 11.7. The van der Waals surface area contributed by atoms with E-state index < -0.39 is 5.97 Å². The monoisotopic (exact) mass is 385 g/mol. The molecule has 0 bridgehead atoms. The fourth-order valence-corrected chi connectivity index (χ4v) is 2.80. The molecule has 3 rings (SSSR count). The highest BCUT2D eigenvalue weighted by atomic mass is 79.9. The van der Waals surface area contributed by atoms with Crippen LogP contribution in [0.3, 0.4) is 0 Å². The highest BCUT2D eigenvalue weighted by Gasteiger charge is 2.18. The second-order valence-corrected chi connectivity index (χ2v) is 5.99. The van der Waals surface area contributed by atoms with Crippen molar-refractivity contribution in [1.82, 2.24) is 4.98 Å². The van der Waals surface area contributed by atoms with E-state index in [9.17, 15) is 4.79 Å². The molecule has 0 fully saturated rings. The number of halogens is 1. The van der Waals surface area contributed by atoms with Crippen LogP contribution in [0.15, 0.2) is 59.1 Å². The summed E-state index contributed by atoms with van der Waals surface area (Å²) in [4.78, 5) is 16.7. The van der Waals surface area contributed by atoms with Crippen LogP contribution in [0.4, 0.5) is 0 Å². The summed E-state index contributed by atoms with van der Waals surface area (Å²) in [7, 11) is 0. The minimum Gasteiger partial charge on any atom is -0.486 e. The normalized spacial score (nSPS) is 10.6. The SMILES string of the molecule is CCOC(=O)c1nc2cccc(Br)c2cc1OCc1ccccc1. The Hall–Kier alpha value is -2.40. The van der Waals surface area contributed by atoms with Gasteiger partial charge in [-0.1, -0.05) is 52.3 Å². The molecule has 0 N–H and O–H groups in total. The molecule has 1 aromatic heterocycles. The van der Waals surface area contributed by atoms with Crippen molar-refractivity contribution in [2.75, 3.05) is 6.61 Å². The van der Waals surface area contributed by atoms with E-state index in [-0.39, 0.29) is 12.3 Å². The van der Waals surface area contributed by atoms with Gasteiger partial charge in [0.25, 0.3) is 0 Å². The van der Waals surface area contributed by atoms with Gasteiger partial charge in [-0.15, -0.1) is 0 Å². The smallest absolute Gasteiger partial charge is 0.360 e. The number of rotatable bonds is 5. The van der Waals surface area contributed by atoms with Crippen LogP contribution in [0, 0.1) is 0 Å². The summed E-state index contributed by atoms with van der Waals surface area (Å²) in [6.45, 7) is 2.40. The number of nitrogens with zero attached hydrogens (tertiary/aromatic N) is 1. The van der Waals surface area contributed by atoms with E-state index in [0.29, 0.717) is 17.9 Å². The number of aromatic nitrogens is 1. The van der Waals surface area contributed by atoms with Gasteiger partial charge in [-0.05, 0) is 30.7 Å². The Morgan fingerprint density at radius 1 is 1.12 bits per heavy atom. The molecule has 0 unspecified atom stereocenters. The molecule has 0 atom stereocenters. The predicted molar refractivity (Wildman–Crippen MR) is 96.2 cm³/mol. The van der Waals surface area contributed by atoms with Gasteiger partial charge >= 0.3 is 5.97 Å². The first kappa shape index (κ1) is 16.5. The van der Waals surface area contributed by atoms with Crippen molar-refractivity contribution in [1.29, 1.82) is 0 Å². The third kappa shape index (κ3) is 3.57. The van der Waals surface area contributed by atoms with Crippen LogP contribution < -0.4 is 4.74 Å². The van der Waals surface area contributed by atoms with Gasteiger partial charge in [-0.25, -0.2) is 9.78 Å². The second kappa shape index (κ2) is 7.45. The third-order valence-corrected chi connectivity index (χ3v) is 4.17. The van der Waals surface area contributed by atoms with E-state index >= 15 is 0 Å². The first-order valence-corrected chi connectivity index (χ1v) is 8.41. The summed E-state index contributed by atoms with van der Waals surface area (Å²) in [5, 5.41) is 0.883. The molecule has 4 nitrogen and oxygen atoms in total. The maximum atomic E-state index is 12.2. The van der Waals surface area contributed by atoms with Crippen molar-refractivity contribution in [2.24, 2.45) is 0 Å². The maximum Gasteiger partial charge on any atom is 0.360 e. The van der Waals surface area contributed by atoms with Gasteiger partial charge in [0.15, 0.2) is 11.4 Å². The number of carbonyl (C=O) groups excluding carboxylic acids is 1. The van der Waals surface area contributed by atoms with Crippen molar-refractivity contribution >= 4 is 32.8 Å². The van der Waals surface area contributed by atoms with Crippen LogP contribution in [0.1, 0.15) is 23.0 Å². The van der Waals surface area contributed by atoms with Crippen LogP contribution in [0.2, 0.25) is 0 Å². The molecule has 5 heteroatoms. The van der Waals surface area contributed by atoms with Crippen LogP contribution in [0.25, 0.3) is 10.9 Å². The fourth-order valence-electron chi connectivity index (χ4n) is 2.33. The molecular weight excluding hydrogens is 370 g/mol. The molecule has 0 saturated carbocycles. The average molecular weight is 386 g/mol. The molecule has 0 radical (unpaired) electrons. The van der Waals surface area contributed by atoms with Gasteiger partial charge in [-0.2, -0.15) is 0 Å². The highest BCUT2D eigenvalue weighted by Crippen LogP contribution is 2.29. The first-order valence-electron chi connectivity index (χ1n) is 7.62. The molecule has 2 aromatic carbocycles. The van der Waals surface area contributed by atoms with Gasteiger partial charge in [0.1, 0.15) is 6.61 Å². The number of pyridine rings is 1. The Morgan fingerprint density at radius 2 is 1.92 bits per heavy atom. The zero-order valence-electron chi connectivity index (χ0n) is 13.2. The zero-order chi connectivity index (χ0) is 16.9. The molecule has 0 aliphatic carbocycles. The zero-order valence-corrected chi connectivity index (χ0v) is 14.7. The number of ether oxygens (including phenoxy) is 2. The van der Waals surface area contributed by atoms with Crippen molar-refractivity contribution in [3.8, 4) is 5.75 Å². The number of esters is 1. The molecule has 3 aromatic rings. The summed E-state index contributed by atoms with van der Waals surface area (Å²) in [6, 6.07) is 17.2. The van der Waals surface area contributed by atoms with Crippen molar-refractivity contribution in [3.63, 3.8) is 0 Å². The highest BCUT2D eigenvalue weighted by molar-refractivity contribution is 9.10. The average Bonchev–Trinajstić information content (AvgIpc) is 2.61. The number of benzene rings is 2. The molecule has 0 aliphatic heterocycles. The van der Waals surface area contributed by atoms with Crippen LogP contribution in [-0.2, 0) is 11.3 Å². The molecule has 0 amide bonds. The topological polar surface area (TPSA) is 48.4 Å². The summed E-state index contributed by atoms with van der Waals surface area (Å²) in [5.41, 5.74) is 1.91. The molecule has 0 saturated heterocycles. The van der Waals surface area contributed by atoms with Crippen molar-refractivity contribution in [2.45, 2.75) is 13.5 Å². The van der Waals surface area contributed by atoms with Gasteiger partial charge in [0.05, 0.1) is 12.1 Å². The van der Waals surface area contributed by atoms with E-state index in [1.165, 1.54) is 0 Å². The van der Waals surface area contributed by atoms with E-state index in [0.717, 1.165) is 15.4 Å². The summed E-state index contributed by atoms with van der Waals surface area (Å²) < 4.78 is 11.9. The molecule has 0 aliphatic rings. The largest absolute Gasteiger partial charge is 0.486 e. The van der Waals surface area contributed by atoms with Gasteiger partial charge in [0.2, 0.25) is 0 Å². The van der Waals surface area contributed by atoms with E-state index in [1.54, 1.807) is 6.92 Å². The summed E-state index contributed by atoms with van der Waals surface area (Å²) >= 11 is 3.51. The second-order valence-electron chi connectivity index (χ2n) is 5.14. The van der Waals surface area contributed by atoms with Gasteiger partial charge in [0, 0.05) is 9.86 Å². The van der Waals surface area contributed by atoms with Gasteiger partial charge in [-0.3, -0.25) is 0 Å². The Morgan fingerprint density at radius 3 is 2.67 bits per heavy atom. The van der Waals surface area contributed by atoms with E-state index in [1.807, 2.05) is 54.6 Å². The van der Waals surface area contributed by atoms with E-state index in [2.05, 4.69) is 20.9 Å².